The number of nitro groups is 1. The second-order valence-electron chi connectivity index (χ2n) is 8.48. The van der Waals surface area contributed by atoms with Gasteiger partial charge < -0.3 is 4.42 Å². The van der Waals surface area contributed by atoms with Gasteiger partial charge in [0.05, 0.1) is 10.5 Å². The molecule has 2 aromatic rings. The van der Waals surface area contributed by atoms with Crippen molar-refractivity contribution in [2.24, 2.45) is 17.3 Å². The lowest BCUT2D eigenvalue weighted by Gasteiger charge is -2.61. The fourth-order valence-electron chi connectivity index (χ4n) is 6.27. The van der Waals surface area contributed by atoms with Crippen LogP contribution in [0.25, 0.3) is 0 Å². The Morgan fingerprint density at radius 1 is 1.32 bits per heavy atom. The van der Waals surface area contributed by atoms with E-state index in [1.165, 1.54) is 25.5 Å². The zero-order valence-electron chi connectivity index (χ0n) is 14.2. The molecule has 6 rings (SSSR count). The van der Waals surface area contributed by atoms with E-state index in [1.807, 2.05) is 11.6 Å². The third-order valence-electron chi connectivity index (χ3n) is 6.51. The highest BCUT2D eigenvalue weighted by molar-refractivity contribution is 5.23. The van der Waals surface area contributed by atoms with Crippen molar-refractivity contribution in [2.45, 2.75) is 57.4 Å². The quantitative estimate of drug-likeness (QED) is 0.625. The molecule has 2 aromatic heterocycles. The van der Waals surface area contributed by atoms with E-state index in [2.05, 4.69) is 15.3 Å². The van der Waals surface area contributed by atoms with Crippen LogP contribution in [0.3, 0.4) is 0 Å². The summed E-state index contributed by atoms with van der Waals surface area (Å²) in [5.74, 6) is 2.65. The summed E-state index contributed by atoms with van der Waals surface area (Å²) in [6.07, 6.45) is 10.6. The minimum absolute atomic E-state index is 0.0809. The van der Waals surface area contributed by atoms with Crippen LogP contribution in [0.2, 0.25) is 0 Å². The molecule has 4 bridgehead atoms. The Morgan fingerprint density at radius 3 is 2.68 bits per heavy atom. The fraction of sp³-hybridized carbons (Fsp3) is 0.706. The molecule has 0 aliphatic heterocycles. The fourth-order valence-corrected chi connectivity index (χ4v) is 6.27. The summed E-state index contributed by atoms with van der Waals surface area (Å²) >= 11 is 0. The van der Waals surface area contributed by atoms with Crippen molar-refractivity contribution < 1.29 is 9.34 Å². The van der Waals surface area contributed by atoms with Gasteiger partial charge in [0.2, 0.25) is 11.8 Å². The van der Waals surface area contributed by atoms with Crippen LogP contribution in [0.4, 0.5) is 5.69 Å². The largest absolute Gasteiger partial charge is 0.426 e. The summed E-state index contributed by atoms with van der Waals surface area (Å²) in [5, 5.41) is 23.7. The maximum absolute atomic E-state index is 11.1. The van der Waals surface area contributed by atoms with Gasteiger partial charge >= 0.3 is 5.69 Å². The molecule has 4 aliphatic carbocycles. The van der Waals surface area contributed by atoms with E-state index < -0.39 is 0 Å². The van der Waals surface area contributed by atoms with Crippen molar-refractivity contribution in [2.75, 3.05) is 0 Å². The first kappa shape index (κ1) is 15.0. The molecule has 132 valence electrons. The Kier molecular flexibility index (Phi) is 2.94. The summed E-state index contributed by atoms with van der Waals surface area (Å²) in [4.78, 5) is 10.7. The molecule has 4 aliphatic rings. The molecule has 4 fully saturated rings. The first-order valence-electron chi connectivity index (χ1n) is 8.94. The molecule has 0 amide bonds. The van der Waals surface area contributed by atoms with Gasteiger partial charge in [-0.2, -0.15) is 5.10 Å². The van der Waals surface area contributed by atoms with Crippen molar-refractivity contribution in [1.82, 2.24) is 20.0 Å². The summed E-state index contributed by atoms with van der Waals surface area (Å²) < 4.78 is 7.56. The first-order chi connectivity index (χ1) is 12.0. The summed E-state index contributed by atoms with van der Waals surface area (Å²) in [5.41, 5.74) is 0.148. The minimum atomic E-state index is -0.360. The lowest BCUT2D eigenvalue weighted by Crippen LogP contribution is -2.57. The molecule has 8 nitrogen and oxygen atoms in total. The number of aryl methyl sites for hydroxylation is 1. The van der Waals surface area contributed by atoms with Crippen LogP contribution in [-0.4, -0.2) is 24.9 Å². The van der Waals surface area contributed by atoms with E-state index in [-0.39, 0.29) is 21.6 Å². The van der Waals surface area contributed by atoms with Gasteiger partial charge in [-0.1, -0.05) is 0 Å². The topological polar surface area (TPSA) is 99.9 Å². The maximum Gasteiger partial charge on any atom is 0.307 e. The van der Waals surface area contributed by atoms with E-state index in [1.54, 1.807) is 6.20 Å². The predicted molar refractivity (Wildman–Crippen MR) is 86.7 cm³/mol. The van der Waals surface area contributed by atoms with E-state index in [0.29, 0.717) is 17.7 Å². The Morgan fingerprint density at radius 2 is 2.08 bits per heavy atom. The second-order valence-corrected chi connectivity index (χ2v) is 8.48. The second kappa shape index (κ2) is 4.89. The number of hydrogen-bond acceptors (Lipinski definition) is 6. The highest BCUT2D eigenvalue weighted by Gasteiger charge is 2.59. The minimum Gasteiger partial charge on any atom is -0.426 e. The van der Waals surface area contributed by atoms with Gasteiger partial charge in [-0.25, -0.2) is 0 Å². The van der Waals surface area contributed by atoms with Crippen LogP contribution >= 0.6 is 0 Å². The molecule has 0 saturated heterocycles. The van der Waals surface area contributed by atoms with E-state index in [0.717, 1.165) is 31.6 Å². The molecular formula is C17H21N5O3. The average molecular weight is 343 g/mol. The smallest absolute Gasteiger partial charge is 0.307 e. The van der Waals surface area contributed by atoms with E-state index in [4.69, 9.17) is 4.42 Å². The Bertz CT molecular complexity index is 827. The monoisotopic (exact) mass is 343 g/mol. The van der Waals surface area contributed by atoms with E-state index in [9.17, 15) is 10.1 Å². The lowest BCUT2D eigenvalue weighted by molar-refractivity contribution is -0.385. The molecule has 2 unspecified atom stereocenters. The molecule has 0 radical (unpaired) electrons. The van der Waals surface area contributed by atoms with Crippen LogP contribution in [0.5, 0.6) is 0 Å². The number of aromatic nitrogens is 4. The van der Waals surface area contributed by atoms with Crippen molar-refractivity contribution in [3.05, 3.63) is 34.3 Å². The number of rotatable bonds is 4. The predicted octanol–water partition coefficient (Wildman–Crippen LogP) is 3.02. The van der Waals surface area contributed by atoms with Crippen LogP contribution in [0.15, 0.2) is 16.8 Å². The van der Waals surface area contributed by atoms with Gasteiger partial charge in [-0.05, 0) is 55.8 Å². The lowest BCUT2D eigenvalue weighted by atomic mass is 9.46. The van der Waals surface area contributed by atoms with Gasteiger partial charge in [-0.15, -0.1) is 10.2 Å². The molecule has 0 aromatic carbocycles. The molecule has 0 spiro atoms. The van der Waals surface area contributed by atoms with Gasteiger partial charge in [0.25, 0.3) is 0 Å². The average Bonchev–Trinajstić information content (AvgIpc) is 3.15. The molecule has 2 atom stereocenters. The number of hydrogen-bond donors (Lipinski definition) is 0. The molecule has 4 saturated carbocycles. The third kappa shape index (κ3) is 2.30. The van der Waals surface area contributed by atoms with Gasteiger partial charge in [0.1, 0.15) is 12.4 Å². The van der Waals surface area contributed by atoms with Gasteiger partial charge in [-0.3, -0.25) is 14.8 Å². The molecular weight excluding hydrogens is 322 g/mol. The normalized spacial score (nSPS) is 36.0. The van der Waals surface area contributed by atoms with Gasteiger partial charge in [0.15, 0.2) is 0 Å². The van der Waals surface area contributed by atoms with Crippen LogP contribution < -0.4 is 0 Å². The Hall–Kier alpha value is -2.25. The van der Waals surface area contributed by atoms with Crippen molar-refractivity contribution in [1.29, 1.82) is 0 Å². The van der Waals surface area contributed by atoms with Crippen molar-refractivity contribution in [3.8, 4) is 0 Å². The highest BCUT2D eigenvalue weighted by Crippen LogP contribution is 2.64. The first-order valence-corrected chi connectivity index (χ1v) is 8.94. The molecule has 2 heterocycles. The summed E-state index contributed by atoms with van der Waals surface area (Å²) in [6, 6.07) is 0. The SMILES string of the molecule is Cc1nnc(CC23CC4CC(C2)CC(n2cc([N+](=O)[O-])cn2)(C4)C3)o1. The molecule has 25 heavy (non-hydrogen) atoms. The standard InChI is InChI=1S/C17H21N5O3/c1-11-19-20-15(25-11)7-16-3-12-2-13(4-16)6-17(5-12,10-16)21-9-14(8-18-21)22(23)24/h8-9,12-13H,2-7,10H2,1H3. The number of nitrogens with zero attached hydrogens (tertiary/aromatic N) is 5. The summed E-state index contributed by atoms with van der Waals surface area (Å²) in [7, 11) is 0. The zero-order chi connectivity index (χ0) is 17.2. The van der Waals surface area contributed by atoms with Crippen molar-refractivity contribution >= 4 is 5.69 Å². The third-order valence-corrected chi connectivity index (χ3v) is 6.51. The van der Waals surface area contributed by atoms with Crippen molar-refractivity contribution in [3.63, 3.8) is 0 Å². The van der Waals surface area contributed by atoms with E-state index >= 15 is 0 Å². The van der Waals surface area contributed by atoms with Gasteiger partial charge in [0, 0.05) is 13.3 Å². The highest BCUT2D eigenvalue weighted by atomic mass is 16.6. The van der Waals surface area contributed by atoms with Crippen LogP contribution in [0.1, 0.15) is 50.3 Å². The Balaban J connectivity index is 1.50. The zero-order valence-corrected chi connectivity index (χ0v) is 14.2. The molecule has 0 N–H and O–H groups in total. The maximum atomic E-state index is 11.1. The van der Waals surface area contributed by atoms with Crippen LogP contribution in [0, 0.1) is 34.3 Å². The van der Waals surface area contributed by atoms with Crippen LogP contribution in [-0.2, 0) is 12.0 Å². The summed E-state index contributed by atoms with van der Waals surface area (Å²) in [6.45, 7) is 1.82. The Labute approximate surface area is 144 Å². The molecule has 8 heteroatoms.